The van der Waals surface area contributed by atoms with Gasteiger partial charge in [-0.05, 0) is 39.9 Å². The second kappa shape index (κ2) is 7.92. The maximum atomic E-state index is 12.4. The SMILES string of the molecule is CN(C)C/C=C/C(=O)N(CC1CC1)CC1CN(C)CCO1. The Morgan fingerprint density at radius 3 is 2.71 bits per heavy atom. The van der Waals surface area contributed by atoms with Crippen LogP contribution in [0.5, 0.6) is 0 Å². The van der Waals surface area contributed by atoms with Gasteiger partial charge in [-0.3, -0.25) is 4.79 Å². The number of carbonyl (C=O) groups excluding carboxylic acids is 1. The number of hydrogen-bond acceptors (Lipinski definition) is 4. The van der Waals surface area contributed by atoms with Gasteiger partial charge in [-0.2, -0.15) is 0 Å². The zero-order valence-corrected chi connectivity index (χ0v) is 13.6. The molecule has 21 heavy (non-hydrogen) atoms. The van der Waals surface area contributed by atoms with Crippen LogP contribution in [0.3, 0.4) is 0 Å². The van der Waals surface area contributed by atoms with E-state index in [2.05, 4.69) is 11.9 Å². The summed E-state index contributed by atoms with van der Waals surface area (Å²) in [6.45, 7) is 5.06. The number of amides is 1. The van der Waals surface area contributed by atoms with E-state index in [1.807, 2.05) is 30.0 Å². The van der Waals surface area contributed by atoms with Gasteiger partial charge >= 0.3 is 0 Å². The van der Waals surface area contributed by atoms with Crippen molar-refractivity contribution >= 4 is 5.91 Å². The van der Waals surface area contributed by atoms with Gasteiger partial charge in [-0.25, -0.2) is 0 Å². The van der Waals surface area contributed by atoms with Crippen molar-refractivity contribution in [3.05, 3.63) is 12.2 Å². The molecule has 1 heterocycles. The summed E-state index contributed by atoms with van der Waals surface area (Å²) in [6.07, 6.45) is 6.33. The van der Waals surface area contributed by atoms with Crippen molar-refractivity contribution in [3.63, 3.8) is 0 Å². The molecular weight excluding hydrogens is 266 g/mol. The minimum atomic E-state index is 0.126. The number of ether oxygens (including phenoxy) is 1. The van der Waals surface area contributed by atoms with Crippen LogP contribution in [0.2, 0.25) is 0 Å². The number of likely N-dealkylation sites (N-methyl/N-ethyl adjacent to an activating group) is 2. The molecule has 0 bridgehead atoms. The summed E-state index contributed by atoms with van der Waals surface area (Å²) in [6, 6.07) is 0. The third-order valence-electron chi connectivity index (χ3n) is 3.98. The quantitative estimate of drug-likeness (QED) is 0.647. The molecule has 0 spiro atoms. The maximum Gasteiger partial charge on any atom is 0.246 e. The number of nitrogens with zero attached hydrogens (tertiary/aromatic N) is 3. The smallest absolute Gasteiger partial charge is 0.246 e. The Balaban J connectivity index is 1.86. The van der Waals surface area contributed by atoms with E-state index < -0.39 is 0 Å². The van der Waals surface area contributed by atoms with Crippen molar-refractivity contribution < 1.29 is 9.53 Å². The van der Waals surface area contributed by atoms with E-state index in [0.717, 1.165) is 32.8 Å². The maximum absolute atomic E-state index is 12.4. The first kappa shape index (κ1) is 16.5. The fourth-order valence-corrected chi connectivity index (χ4v) is 2.56. The summed E-state index contributed by atoms with van der Waals surface area (Å²) < 4.78 is 5.81. The fourth-order valence-electron chi connectivity index (χ4n) is 2.56. The molecule has 1 aliphatic carbocycles. The zero-order valence-electron chi connectivity index (χ0n) is 13.6. The van der Waals surface area contributed by atoms with Crippen LogP contribution in [-0.2, 0) is 9.53 Å². The number of morpholine rings is 1. The van der Waals surface area contributed by atoms with Crippen LogP contribution in [0, 0.1) is 5.92 Å². The highest BCUT2D eigenvalue weighted by atomic mass is 16.5. The predicted molar refractivity (Wildman–Crippen MR) is 84.2 cm³/mol. The minimum Gasteiger partial charge on any atom is -0.374 e. The number of hydrogen-bond donors (Lipinski definition) is 0. The largest absolute Gasteiger partial charge is 0.374 e. The van der Waals surface area contributed by atoms with Gasteiger partial charge in [-0.1, -0.05) is 6.08 Å². The number of carbonyl (C=O) groups is 1. The standard InChI is InChI=1S/C16H29N3O2/c1-17(2)8-4-5-16(20)19(11-14-6-7-14)13-15-12-18(3)9-10-21-15/h4-5,14-15H,6-13H2,1-3H3/b5-4+. The molecule has 5 nitrogen and oxygen atoms in total. The molecule has 1 saturated heterocycles. The highest BCUT2D eigenvalue weighted by molar-refractivity contribution is 5.87. The Kier molecular flexibility index (Phi) is 6.21. The third kappa shape index (κ3) is 6.16. The molecule has 120 valence electrons. The lowest BCUT2D eigenvalue weighted by Crippen LogP contribution is -2.47. The molecule has 0 radical (unpaired) electrons. The Morgan fingerprint density at radius 2 is 2.10 bits per heavy atom. The van der Waals surface area contributed by atoms with Gasteiger partial charge in [0.25, 0.3) is 0 Å². The van der Waals surface area contributed by atoms with Crippen LogP contribution in [0.15, 0.2) is 12.2 Å². The Bertz CT molecular complexity index is 367. The molecule has 1 saturated carbocycles. The van der Waals surface area contributed by atoms with E-state index in [9.17, 15) is 4.79 Å². The average molecular weight is 295 g/mol. The molecule has 1 atom stereocenters. The summed E-state index contributed by atoms with van der Waals surface area (Å²) in [5.41, 5.74) is 0. The first-order valence-corrected chi connectivity index (χ1v) is 7.95. The lowest BCUT2D eigenvalue weighted by molar-refractivity contribution is -0.129. The summed E-state index contributed by atoms with van der Waals surface area (Å²) in [7, 11) is 6.12. The lowest BCUT2D eigenvalue weighted by Gasteiger charge is -2.33. The third-order valence-corrected chi connectivity index (χ3v) is 3.98. The van der Waals surface area contributed by atoms with E-state index in [-0.39, 0.29) is 12.0 Å². The molecule has 0 aromatic rings. The molecule has 5 heteroatoms. The molecule has 2 aliphatic rings. The molecule has 1 amide bonds. The summed E-state index contributed by atoms with van der Waals surface area (Å²) in [5.74, 6) is 0.832. The summed E-state index contributed by atoms with van der Waals surface area (Å²) in [5, 5.41) is 0. The van der Waals surface area contributed by atoms with Crippen molar-refractivity contribution in [1.82, 2.24) is 14.7 Å². The second-order valence-corrected chi connectivity index (χ2v) is 6.61. The second-order valence-electron chi connectivity index (χ2n) is 6.61. The van der Waals surface area contributed by atoms with Crippen LogP contribution in [-0.4, -0.2) is 87.2 Å². The normalized spacial score (nSPS) is 23.9. The Morgan fingerprint density at radius 1 is 1.33 bits per heavy atom. The van der Waals surface area contributed by atoms with Gasteiger partial charge in [0.1, 0.15) is 0 Å². The average Bonchev–Trinajstić information content (AvgIpc) is 3.21. The molecule has 2 fully saturated rings. The molecule has 0 N–H and O–H groups in total. The molecule has 2 rings (SSSR count). The monoisotopic (exact) mass is 295 g/mol. The van der Waals surface area contributed by atoms with Gasteiger partial charge < -0.3 is 19.4 Å². The van der Waals surface area contributed by atoms with Crippen LogP contribution >= 0.6 is 0 Å². The van der Waals surface area contributed by atoms with Crippen molar-refractivity contribution in [2.24, 2.45) is 5.92 Å². The molecule has 1 unspecified atom stereocenters. The molecule has 0 aromatic heterocycles. The van der Waals surface area contributed by atoms with Gasteiger partial charge in [-0.15, -0.1) is 0 Å². The van der Waals surface area contributed by atoms with E-state index in [4.69, 9.17) is 4.74 Å². The zero-order chi connectivity index (χ0) is 15.2. The number of rotatable bonds is 7. The minimum absolute atomic E-state index is 0.126. The van der Waals surface area contributed by atoms with E-state index in [1.54, 1.807) is 6.08 Å². The lowest BCUT2D eigenvalue weighted by atomic mass is 10.2. The van der Waals surface area contributed by atoms with Gasteiger partial charge in [0.05, 0.1) is 12.7 Å². The Labute approximate surface area is 128 Å². The highest BCUT2D eigenvalue weighted by Crippen LogP contribution is 2.30. The highest BCUT2D eigenvalue weighted by Gasteiger charge is 2.28. The summed E-state index contributed by atoms with van der Waals surface area (Å²) >= 11 is 0. The summed E-state index contributed by atoms with van der Waals surface area (Å²) in [4.78, 5) is 18.7. The van der Waals surface area contributed by atoms with Crippen LogP contribution < -0.4 is 0 Å². The fraction of sp³-hybridized carbons (Fsp3) is 0.812. The van der Waals surface area contributed by atoms with Crippen LogP contribution in [0.25, 0.3) is 0 Å². The molecular formula is C16H29N3O2. The van der Waals surface area contributed by atoms with E-state index in [0.29, 0.717) is 12.5 Å². The first-order chi connectivity index (χ1) is 10.0. The van der Waals surface area contributed by atoms with Crippen molar-refractivity contribution in [3.8, 4) is 0 Å². The first-order valence-electron chi connectivity index (χ1n) is 7.95. The van der Waals surface area contributed by atoms with Gasteiger partial charge in [0.15, 0.2) is 0 Å². The van der Waals surface area contributed by atoms with Crippen molar-refractivity contribution in [1.29, 1.82) is 0 Å². The van der Waals surface area contributed by atoms with Crippen LogP contribution in [0.1, 0.15) is 12.8 Å². The topological polar surface area (TPSA) is 36.0 Å². The predicted octanol–water partition coefficient (Wildman–Crippen LogP) is 0.673. The Hall–Kier alpha value is -0.910. The van der Waals surface area contributed by atoms with Crippen molar-refractivity contribution in [2.45, 2.75) is 18.9 Å². The van der Waals surface area contributed by atoms with E-state index in [1.165, 1.54) is 12.8 Å². The van der Waals surface area contributed by atoms with Crippen molar-refractivity contribution in [2.75, 3.05) is 60.5 Å². The molecule has 1 aliphatic heterocycles. The van der Waals surface area contributed by atoms with Gasteiger partial charge in [0, 0.05) is 38.8 Å². The van der Waals surface area contributed by atoms with Crippen LogP contribution in [0.4, 0.5) is 0 Å². The van der Waals surface area contributed by atoms with E-state index >= 15 is 0 Å². The van der Waals surface area contributed by atoms with Gasteiger partial charge in [0.2, 0.25) is 5.91 Å². The molecule has 0 aromatic carbocycles.